The monoisotopic (exact) mass is 396 g/mol. The van der Waals surface area contributed by atoms with Crippen LogP contribution in [0.15, 0.2) is 48.7 Å². The molecule has 26 heavy (non-hydrogen) atoms. The summed E-state index contributed by atoms with van der Waals surface area (Å²) >= 11 is 0. The third-order valence-corrected chi connectivity index (χ3v) is 4.71. The predicted octanol–water partition coefficient (Wildman–Crippen LogP) is 2.81. The Labute approximate surface area is 167 Å². The van der Waals surface area contributed by atoms with Crippen LogP contribution in [0.4, 0.5) is 5.82 Å². The molecule has 3 rings (SSSR count). The van der Waals surface area contributed by atoms with Gasteiger partial charge in [0.05, 0.1) is 5.56 Å². The van der Waals surface area contributed by atoms with E-state index < -0.39 is 0 Å². The predicted molar refractivity (Wildman–Crippen MR) is 111 cm³/mol. The SMILES string of the molecule is CN(C)c1ccc(C(=O)N2C[C@@H](CN)[C@H](c3ccccc3)C2)cn1.Cl.Cl. The zero-order valence-corrected chi connectivity index (χ0v) is 16.7. The number of amides is 1. The molecule has 1 fully saturated rings. The molecule has 1 aromatic carbocycles. The fraction of sp³-hybridized carbons (Fsp3) is 0.368. The molecular weight excluding hydrogens is 371 g/mol. The zero-order valence-electron chi connectivity index (χ0n) is 15.0. The molecule has 1 aliphatic rings. The van der Waals surface area contributed by atoms with Gasteiger partial charge < -0.3 is 15.5 Å². The van der Waals surface area contributed by atoms with E-state index in [1.165, 1.54) is 5.56 Å². The van der Waals surface area contributed by atoms with E-state index in [-0.39, 0.29) is 30.7 Å². The first-order valence-corrected chi connectivity index (χ1v) is 8.28. The number of aromatic nitrogens is 1. The Morgan fingerprint density at radius 1 is 1.15 bits per heavy atom. The first-order valence-electron chi connectivity index (χ1n) is 8.28. The van der Waals surface area contributed by atoms with Gasteiger partial charge in [0.2, 0.25) is 0 Å². The van der Waals surface area contributed by atoms with Crippen molar-refractivity contribution in [2.24, 2.45) is 11.7 Å². The Kier molecular flexibility index (Phi) is 8.34. The van der Waals surface area contributed by atoms with Gasteiger partial charge in [0.1, 0.15) is 5.82 Å². The number of benzene rings is 1. The van der Waals surface area contributed by atoms with Gasteiger partial charge in [0.15, 0.2) is 0 Å². The Balaban J connectivity index is 0.00000169. The van der Waals surface area contributed by atoms with Crippen molar-refractivity contribution in [2.75, 3.05) is 38.6 Å². The van der Waals surface area contributed by atoms with Crippen LogP contribution in [0, 0.1) is 5.92 Å². The van der Waals surface area contributed by atoms with Crippen LogP contribution in [-0.4, -0.2) is 49.5 Å². The molecule has 0 radical (unpaired) electrons. The number of halogens is 2. The van der Waals surface area contributed by atoms with Gasteiger partial charge in [0, 0.05) is 39.3 Å². The van der Waals surface area contributed by atoms with Crippen LogP contribution in [0.1, 0.15) is 21.8 Å². The molecule has 1 aromatic heterocycles. The average molecular weight is 397 g/mol. The van der Waals surface area contributed by atoms with E-state index in [4.69, 9.17) is 5.73 Å². The van der Waals surface area contributed by atoms with E-state index in [9.17, 15) is 4.79 Å². The van der Waals surface area contributed by atoms with Gasteiger partial charge in [-0.3, -0.25) is 4.79 Å². The fourth-order valence-corrected chi connectivity index (χ4v) is 3.31. The second-order valence-corrected chi connectivity index (χ2v) is 6.52. The molecule has 142 valence electrons. The molecule has 0 aliphatic carbocycles. The molecule has 2 atom stereocenters. The van der Waals surface area contributed by atoms with Gasteiger partial charge in [-0.1, -0.05) is 30.3 Å². The van der Waals surface area contributed by atoms with E-state index in [2.05, 4.69) is 17.1 Å². The number of hydrogen-bond acceptors (Lipinski definition) is 4. The summed E-state index contributed by atoms with van der Waals surface area (Å²) in [6, 6.07) is 14.0. The Morgan fingerprint density at radius 3 is 2.38 bits per heavy atom. The summed E-state index contributed by atoms with van der Waals surface area (Å²) in [5, 5.41) is 0. The van der Waals surface area contributed by atoms with Crippen LogP contribution in [-0.2, 0) is 0 Å². The first kappa shape index (κ1) is 22.2. The highest BCUT2D eigenvalue weighted by molar-refractivity contribution is 5.94. The molecule has 5 nitrogen and oxygen atoms in total. The number of carbonyl (C=O) groups is 1. The lowest BCUT2D eigenvalue weighted by molar-refractivity contribution is 0.0786. The van der Waals surface area contributed by atoms with Crippen LogP contribution in [0.25, 0.3) is 0 Å². The normalized spacial score (nSPS) is 18.7. The minimum Gasteiger partial charge on any atom is -0.363 e. The van der Waals surface area contributed by atoms with E-state index >= 15 is 0 Å². The second-order valence-electron chi connectivity index (χ2n) is 6.52. The summed E-state index contributed by atoms with van der Waals surface area (Å²) in [5.41, 5.74) is 7.84. The molecule has 0 spiro atoms. The maximum absolute atomic E-state index is 12.8. The minimum atomic E-state index is 0. The zero-order chi connectivity index (χ0) is 17.1. The summed E-state index contributed by atoms with van der Waals surface area (Å²) in [4.78, 5) is 21.0. The highest BCUT2D eigenvalue weighted by Crippen LogP contribution is 2.32. The maximum atomic E-state index is 12.8. The Hall–Kier alpha value is -1.82. The summed E-state index contributed by atoms with van der Waals surface area (Å²) in [6.45, 7) is 1.99. The van der Waals surface area contributed by atoms with Crippen LogP contribution < -0.4 is 10.6 Å². The number of carbonyl (C=O) groups excluding carboxylic acids is 1. The lowest BCUT2D eigenvalue weighted by atomic mass is 9.89. The van der Waals surface area contributed by atoms with E-state index in [1.807, 2.05) is 54.2 Å². The molecule has 2 aromatic rings. The third-order valence-electron chi connectivity index (χ3n) is 4.71. The highest BCUT2D eigenvalue weighted by atomic mass is 35.5. The van der Waals surface area contributed by atoms with Crippen LogP contribution in [0.3, 0.4) is 0 Å². The van der Waals surface area contributed by atoms with Crippen molar-refractivity contribution < 1.29 is 4.79 Å². The molecule has 7 heteroatoms. The molecular formula is C19H26Cl2N4O. The molecule has 2 heterocycles. The number of rotatable bonds is 4. The standard InChI is InChI=1S/C19H24N4O.2ClH/c1-22(2)18-9-8-15(11-21-18)19(24)23-12-16(10-20)17(13-23)14-6-4-3-5-7-14;;/h3-9,11,16-17H,10,12-13,20H2,1-2H3;2*1H/t16-,17+;;/m1../s1. The van der Waals surface area contributed by atoms with Gasteiger partial charge >= 0.3 is 0 Å². The number of hydrogen-bond donors (Lipinski definition) is 1. The van der Waals surface area contributed by atoms with Crippen molar-refractivity contribution in [1.82, 2.24) is 9.88 Å². The summed E-state index contributed by atoms with van der Waals surface area (Å²) in [5.74, 6) is 1.47. The first-order chi connectivity index (χ1) is 11.6. The number of likely N-dealkylation sites (tertiary alicyclic amines) is 1. The molecule has 1 saturated heterocycles. The van der Waals surface area contributed by atoms with Gasteiger partial charge in [-0.2, -0.15) is 0 Å². The average Bonchev–Trinajstić information content (AvgIpc) is 3.06. The molecule has 0 bridgehead atoms. The Morgan fingerprint density at radius 2 is 1.85 bits per heavy atom. The highest BCUT2D eigenvalue weighted by Gasteiger charge is 2.35. The van der Waals surface area contributed by atoms with Gasteiger partial charge in [0.25, 0.3) is 5.91 Å². The van der Waals surface area contributed by atoms with Crippen molar-refractivity contribution in [2.45, 2.75) is 5.92 Å². The lowest BCUT2D eigenvalue weighted by Crippen LogP contribution is -2.30. The smallest absolute Gasteiger partial charge is 0.255 e. The molecule has 1 aliphatic heterocycles. The number of nitrogens with zero attached hydrogens (tertiary/aromatic N) is 3. The minimum absolute atomic E-state index is 0. The van der Waals surface area contributed by atoms with Crippen LogP contribution in [0.5, 0.6) is 0 Å². The van der Waals surface area contributed by atoms with Crippen LogP contribution in [0.2, 0.25) is 0 Å². The number of nitrogens with two attached hydrogens (primary N) is 1. The van der Waals surface area contributed by atoms with E-state index in [0.29, 0.717) is 37.0 Å². The number of anilines is 1. The van der Waals surface area contributed by atoms with Crippen molar-refractivity contribution in [3.8, 4) is 0 Å². The van der Waals surface area contributed by atoms with Crippen molar-refractivity contribution in [3.63, 3.8) is 0 Å². The van der Waals surface area contributed by atoms with Crippen LogP contribution >= 0.6 is 24.8 Å². The van der Waals surface area contributed by atoms with E-state index in [1.54, 1.807) is 6.20 Å². The van der Waals surface area contributed by atoms with E-state index in [0.717, 1.165) is 5.82 Å². The second kappa shape index (κ2) is 9.76. The van der Waals surface area contributed by atoms with Crippen molar-refractivity contribution in [1.29, 1.82) is 0 Å². The molecule has 1 amide bonds. The summed E-state index contributed by atoms with van der Waals surface area (Å²) in [6.07, 6.45) is 1.66. The lowest BCUT2D eigenvalue weighted by Gasteiger charge is -2.17. The maximum Gasteiger partial charge on any atom is 0.255 e. The van der Waals surface area contributed by atoms with Crippen molar-refractivity contribution in [3.05, 3.63) is 59.8 Å². The summed E-state index contributed by atoms with van der Waals surface area (Å²) < 4.78 is 0. The molecule has 0 unspecified atom stereocenters. The van der Waals surface area contributed by atoms with Gasteiger partial charge in [-0.15, -0.1) is 24.8 Å². The van der Waals surface area contributed by atoms with Gasteiger partial charge in [-0.05, 0) is 30.2 Å². The quantitative estimate of drug-likeness (QED) is 0.862. The van der Waals surface area contributed by atoms with Crippen molar-refractivity contribution >= 4 is 36.5 Å². The molecule has 2 N–H and O–H groups in total. The number of pyridine rings is 1. The topological polar surface area (TPSA) is 62.5 Å². The largest absolute Gasteiger partial charge is 0.363 e. The third kappa shape index (κ3) is 4.67. The van der Waals surface area contributed by atoms with Gasteiger partial charge in [-0.25, -0.2) is 4.98 Å². The Bertz CT molecular complexity index is 694. The summed E-state index contributed by atoms with van der Waals surface area (Å²) in [7, 11) is 3.86. The fourth-order valence-electron chi connectivity index (χ4n) is 3.31. The molecule has 0 saturated carbocycles.